The number of carbonyl (C=O) groups is 2. The van der Waals surface area contributed by atoms with Crippen LogP contribution >= 0.6 is 15.9 Å². The van der Waals surface area contributed by atoms with E-state index in [1.807, 2.05) is 0 Å². The van der Waals surface area contributed by atoms with Crippen molar-refractivity contribution in [2.24, 2.45) is 0 Å². The Bertz CT molecular complexity index is 502. The van der Waals surface area contributed by atoms with Gasteiger partial charge in [0.2, 0.25) is 0 Å². The fraction of sp³-hybridized carbons (Fsp3) is 0.273. The number of nitrogens with zero attached hydrogens (tertiary/aromatic N) is 1. The van der Waals surface area contributed by atoms with Crippen molar-refractivity contribution in [3.05, 3.63) is 28.2 Å². The Morgan fingerprint density at radius 3 is 2.47 bits per heavy atom. The SMILES string of the molecule is CC(C(=O)O)N(C)C(=O)Nc1c(F)cc(F)cc1Br. The predicted octanol–water partition coefficient (Wildman–Crippen LogP) is 2.66. The number of carboxylic acids is 1. The van der Waals surface area contributed by atoms with Crippen molar-refractivity contribution >= 4 is 33.6 Å². The lowest BCUT2D eigenvalue weighted by atomic mass is 10.3. The number of hydrogen-bond donors (Lipinski definition) is 2. The number of urea groups is 1. The molecule has 1 aromatic carbocycles. The summed E-state index contributed by atoms with van der Waals surface area (Å²) in [6, 6.07) is -0.302. The van der Waals surface area contributed by atoms with E-state index >= 15 is 0 Å². The van der Waals surface area contributed by atoms with Crippen molar-refractivity contribution in [2.75, 3.05) is 12.4 Å². The Hall–Kier alpha value is -1.70. The molecular formula is C11H11BrF2N2O3. The number of likely N-dealkylation sites (N-methyl/N-ethyl adjacent to an activating group) is 1. The molecule has 0 radical (unpaired) electrons. The first-order valence-corrected chi connectivity index (χ1v) is 5.94. The third kappa shape index (κ3) is 3.63. The summed E-state index contributed by atoms with van der Waals surface area (Å²) in [6.07, 6.45) is 0. The number of halogens is 3. The van der Waals surface area contributed by atoms with Gasteiger partial charge in [-0.15, -0.1) is 0 Å². The Kier molecular flexibility index (Phi) is 4.82. The van der Waals surface area contributed by atoms with Crippen molar-refractivity contribution in [2.45, 2.75) is 13.0 Å². The normalized spacial score (nSPS) is 11.8. The fourth-order valence-corrected chi connectivity index (χ4v) is 1.71. The number of carboxylic acid groups (broad SMARTS) is 1. The first-order valence-electron chi connectivity index (χ1n) is 5.15. The van der Waals surface area contributed by atoms with Gasteiger partial charge in [0.1, 0.15) is 11.9 Å². The van der Waals surface area contributed by atoms with Gasteiger partial charge in [0, 0.05) is 17.6 Å². The number of amides is 2. The molecule has 0 fully saturated rings. The molecule has 1 unspecified atom stereocenters. The minimum atomic E-state index is -1.20. The van der Waals surface area contributed by atoms with Gasteiger partial charge in [-0.2, -0.15) is 0 Å². The first-order chi connectivity index (χ1) is 8.73. The van der Waals surface area contributed by atoms with E-state index in [9.17, 15) is 18.4 Å². The van der Waals surface area contributed by atoms with E-state index in [1.54, 1.807) is 0 Å². The van der Waals surface area contributed by atoms with E-state index in [0.29, 0.717) is 6.07 Å². The van der Waals surface area contributed by atoms with Gasteiger partial charge in [-0.25, -0.2) is 18.4 Å². The zero-order valence-corrected chi connectivity index (χ0v) is 11.7. The molecular weight excluding hydrogens is 326 g/mol. The van der Waals surface area contributed by atoms with Gasteiger partial charge >= 0.3 is 12.0 Å². The summed E-state index contributed by atoms with van der Waals surface area (Å²) in [5.74, 6) is -2.96. The van der Waals surface area contributed by atoms with Crippen LogP contribution in [0.5, 0.6) is 0 Å². The zero-order chi connectivity index (χ0) is 14.7. The fourth-order valence-electron chi connectivity index (χ4n) is 1.20. The van der Waals surface area contributed by atoms with Crippen molar-refractivity contribution in [3.63, 3.8) is 0 Å². The van der Waals surface area contributed by atoms with Gasteiger partial charge in [-0.3, -0.25) is 0 Å². The van der Waals surface area contributed by atoms with E-state index in [0.717, 1.165) is 11.0 Å². The second-order valence-electron chi connectivity index (χ2n) is 3.80. The molecule has 0 aliphatic rings. The van der Waals surface area contributed by atoms with Crippen LogP contribution in [0.4, 0.5) is 19.3 Å². The molecule has 104 valence electrons. The second-order valence-corrected chi connectivity index (χ2v) is 4.65. The third-order valence-corrected chi connectivity index (χ3v) is 3.12. The number of benzene rings is 1. The van der Waals surface area contributed by atoms with Gasteiger partial charge in [-0.1, -0.05) is 0 Å². The lowest BCUT2D eigenvalue weighted by Crippen LogP contribution is -2.42. The van der Waals surface area contributed by atoms with Gasteiger partial charge < -0.3 is 15.3 Å². The Morgan fingerprint density at radius 1 is 1.42 bits per heavy atom. The average Bonchev–Trinajstić information content (AvgIpc) is 2.31. The Morgan fingerprint density at radius 2 is 2.00 bits per heavy atom. The maximum atomic E-state index is 13.5. The van der Waals surface area contributed by atoms with Gasteiger partial charge in [-0.05, 0) is 28.9 Å². The highest BCUT2D eigenvalue weighted by Crippen LogP contribution is 2.27. The number of carbonyl (C=O) groups excluding carboxylic acids is 1. The van der Waals surface area contributed by atoms with Crippen molar-refractivity contribution in [1.82, 2.24) is 4.90 Å². The topological polar surface area (TPSA) is 69.6 Å². The molecule has 0 spiro atoms. The van der Waals surface area contributed by atoms with Gasteiger partial charge in [0.15, 0.2) is 5.82 Å². The number of anilines is 1. The standard InChI is InChI=1S/C11H11BrF2N2O3/c1-5(10(17)18)16(2)11(19)15-9-7(12)3-6(13)4-8(9)14/h3-5H,1-2H3,(H,15,19)(H,17,18). The molecule has 2 N–H and O–H groups in total. The second kappa shape index (κ2) is 5.96. The number of aliphatic carboxylic acids is 1. The lowest BCUT2D eigenvalue weighted by molar-refractivity contribution is -0.141. The molecule has 19 heavy (non-hydrogen) atoms. The molecule has 0 bridgehead atoms. The Labute approximate surface area is 116 Å². The van der Waals surface area contributed by atoms with Crippen LogP contribution in [-0.2, 0) is 4.79 Å². The summed E-state index contributed by atoms with van der Waals surface area (Å²) in [5.41, 5.74) is -0.254. The highest BCUT2D eigenvalue weighted by Gasteiger charge is 2.23. The molecule has 0 heterocycles. The van der Waals surface area contributed by atoms with Crippen molar-refractivity contribution < 1.29 is 23.5 Å². The highest BCUT2D eigenvalue weighted by molar-refractivity contribution is 9.10. The maximum absolute atomic E-state index is 13.5. The molecule has 1 aromatic rings. The smallest absolute Gasteiger partial charge is 0.326 e. The molecule has 0 saturated heterocycles. The first kappa shape index (κ1) is 15.4. The minimum absolute atomic E-state index is 0.0229. The van der Waals surface area contributed by atoms with E-state index in [1.165, 1.54) is 14.0 Å². The van der Waals surface area contributed by atoms with Gasteiger partial charge in [0.25, 0.3) is 0 Å². The average molecular weight is 337 g/mol. The molecule has 0 saturated carbocycles. The molecule has 1 rings (SSSR count). The van der Waals surface area contributed by atoms with Crippen molar-refractivity contribution in [1.29, 1.82) is 0 Å². The van der Waals surface area contributed by atoms with Crippen molar-refractivity contribution in [3.8, 4) is 0 Å². The van der Waals surface area contributed by atoms with E-state index in [4.69, 9.17) is 5.11 Å². The van der Waals surface area contributed by atoms with E-state index in [-0.39, 0.29) is 10.2 Å². The summed E-state index contributed by atoms with van der Waals surface area (Å²) in [7, 11) is 1.25. The molecule has 8 heteroatoms. The zero-order valence-electron chi connectivity index (χ0n) is 10.1. The van der Waals surface area contributed by atoms with Gasteiger partial charge in [0.05, 0.1) is 5.69 Å². The third-order valence-electron chi connectivity index (χ3n) is 2.50. The largest absolute Gasteiger partial charge is 0.480 e. The molecule has 0 aliphatic carbocycles. The van der Waals surface area contributed by atoms with E-state index < -0.39 is 29.7 Å². The number of rotatable bonds is 3. The minimum Gasteiger partial charge on any atom is -0.480 e. The van der Waals surface area contributed by atoms with Crippen LogP contribution in [0.25, 0.3) is 0 Å². The van der Waals surface area contributed by atoms with Crippen LogP contribution < -0.4 is 5.32 Å². The van der Waals surface area contributed by atoms with Crippen LogP contribution in [0, 0.1) is 11.6 Å². The lowest BCUT2D eigenvalue weighted by Gasteiger charge is -2.22. The monoisotopic (exact) mass is 336 g/mol. The summed E-state index contributed by atoms with van der Waals surface area (Å²) in [4.78, 5) is 23.3. The molecule has 1 atom stereocenters. The number of nitrogens with one attached hydrogen (secondary N) is 1. The molecule has 5 nitrogen and oxygen atoms in total. The predicted molar refractivity (Wildman–Crippen MR) is 67.9 cm³/mol. The maximum Gasteiger partial charge on any atom is 0.326 e. The van der Waals surface area contributed by atoms with Crippen LogP contribution in [0.3, 0.4) is 0 Å². The summed E-state index contributed by atoms with van der Waals surface area (Å²) in [5, 5.41) is 10.9. The number of hydrogen-bond acceptors (Lipinski definition) is 2. The molecule has 2 amide bonds. The van der Waals surface area contributed by atoms with Crippen LogP contribution in [0.2, 0.25) is 0 Å². The van der Waals surface area contributed by atoms with Crippen LogP contribution in [0.15, 0.2) is 16.6 Å². The molecule has 0 aliphatic heterocycles. The summed E-state index contributed by atoms with van der Waals surface area (Å²) >= 11 is 2.91. The van der Waals surface area contributed by atoms with E-state index in [2.05, 4.69) is 21.2 Å². The molecule has 0 aromatic heterocycles. The van der Waals surface area contributed by atoms with Crippen LogP contribution in [-0.4, -0.2) is 35.1 Å². The Balaban J connectivity index is 2.92. The summed E-state index contributed by atoms with van der Waals surface area (Å²) in [6.45, 7) is 1.30. The van der Waals surface area contributed by atoms with Crippen LogP contribution in [0.1, 0.15) is 6.92 Å². The summed E-state index contributed by atoms with van der Waals surface area (Å²) < 4.78 is 26.4. The highest BCUT2D eigenvalue weighted by atomic mass is 79.9. The quantitative estimate of drug-likeness (QED) is 0.891.